The SMILES string of the molecule is CNC(=O)C(CC(C)C)NCc1nccs1. The molecule has 2 N–H and O–H groups in total. The first kappa shape index (κ1) is 13.1. The number of nitrogens with zero attached hydrogens (tertiary/aromatic N) is 1. The Hall–Kier alpha value is -0.940. The molecule has 0 bridgehead atoms. The third-order valence-electron chi connectivity index (χ3n) is 2.25. The standard InChI is InChI=1S/C11H19N3OS/c1-8(2)6-9(11(15)12-3)14-7-10-13-4-5-16-10/h4-5,8-9,14H,6-7H2,1-3H3,(H,12,15). The fraction of sp³-hybridized carbons (Fsp3) is 0.636. The molecule has 1 aromatic rings. The second-order valence-electron chi connectivity index (χ2n) is 4.10. The van der Waals surface area contributed by atoms with E-state index in [2.05, 4.69) is 29.5 Å². The van der Waals surface area contributed by atoms with Crippen LogP contribution >= 0.6 is 11.3 Å². The van der Waals surface area contributed by atoms with Crippen LogP contribution in [0, 0.1) is 5.92 Å². The highest BCUT2D eigenvalue weighted by Crippen LogP contribution is 2.08. The summed E-state index contributed by atoms with van der Waals surface area (Å²) in [6.45, 7) is 4.88. The summed E-state index contributed by atoms with van der Waals surface area (Å²) in [5.41, 5.74) is 0. The van der Waals surface area contributed by atoms with E-state index in [0.717, 1.165) is 11.4 Å². The number of hydrogen-bond donors (Lipinski definition) is 2. The van der Waals surface area contributed by atoms with Gasteiger partial charge in [0.25, 0.3) is 0 Å². The summed E-state index contributed by atoms with van der Waals surface area (Å²) in [5, 5.41) is 8.87. The highest BCUT2D eigenvalue weighted by molar-refractivity contribution is 7.09. The van der Waals surface area contributed by atoms with Gasteiger partial charge >= 0.3 is 0 Å². The van der Waals surface area contributed by atoms with Crippen LogP contribution in [0.4, 0.5) is 0 Å². The Balaban J connectivity index is 2.46. The predicted octanol–water partition coefficient (Wildman–Crippen LogP) is 1.39. The van der Waals surface area contributed by atoms with Crippen LogP contribution in [0.25, 0.3) is 0 Å². The molecular weight excluding hydrogens is 222 g/mol. The van der Waals surface area contributed by atoms with Crippen molar-refractivity contribution in [1.29, 1.82) is 0 Å². The first-order valence-corrected chi connectivity index (χ1v) is 6.34. The molecule has 16 heavy (non-hydrogen) atoms. The Morgan fingerprint density at radius 1 is 1.56 bits per heavy atom. The Morgan fingerprint density at radius 3 is 2.81 bits per heavy atom. The third-order valence-corrected chi connectivity index (χ3v) is 3.03. The number of likely N-dealkylation sites (N-methyl/N-ethyl adjacent to an activating group) is 1. The Morgan fingerprint density at radius 2 is 2.31 bits per heavy atom. The van der Waals surface area contributed by atoms with Crippen molar-refractivity contribution in [3.05, 3.63) is 16.6 Å². The van der Waals surface area contributed by atoms with Crippen LogP contribution < -0.4 is 10.6 Å². The molecule has 1 rings (SSSR count). The largest absolute Gasteiger partial charge is 0.358 e. The molecule has 1 heterocycles. The van der Waals surface area contributed by atoms with Gasteiger partial charge in [-0.2, -0.15) is 0 Å². The first-order valence-electron chi connectivity index (χ1n) is 5.46. The topological polar surface area (TPSA) is 54.0 Å². The van der Waals surface area contributed by atoms with E-state index in [9.17, 15) is 4.79 Å². The van der Waals surface area contributed by atoms with E-state index in [4.69, 9.17) is 0 Å². The molecule has 0 aliphatic rings. The molecule has 4 nitrogen and oxygen atoms in total. The van der Waals surface area contributed by atoms with E-state index in [1.165, 1.54) is 0 Å². The van der Waals surface area contributed by atoms with Gasteiger partial charge in [-0.1, -0.05) is 13.8 Å². The van der Waals surface area contributed by atoms with Gasteiger partial charge in [-0.3, -0.25) is 10.1 Å². The molecule has 90 valence electrons. The number of hydrogen-bond acceptors (Lipinski definition) is 4. The maximum absolute atomic E-state index is 11.6. The maximum Gasteiger partial charge on any atom is 0.236 e. The highest BCUT2D eigenvalue weighted by Gasteiger charge is 2.17. The zero-order valence-corrected chi connectivity index (χ0v) is 10.8. The van der Waals surface area contributed by atoms with E-state index >= 15 is 0 Å². The lowest BCUT2D eigenvalue weighted by atomic mass is 10.0. The van der Waals surface area contributed by atoms with Gasteiger partial charge in [-0.05, 0) is 12.3 Å². The van der Waals surface area contributed by atoms with Crippen LogP contribution in [0.15, 0.2) is 11.6 Å². The summed E-state index contributed by atoms with van der Waals surface area (Å²) in [5.74, 6) is 0.538. The molecule has 1 aromatic heterocycles. The van der Waals surface area contributed by atoms with Crippen LogP contribution in [0.1, 0.15) is 25.3 Å². The zero-order valence-electron chi connectivity index (χ0n) is 9.99. The summed E-state index contributed by atoms with van der Waals surface area (Å²) in [6, 6.07) is -0.131. The fourth-order valence-corrected chi connectivity index (χ4v) is 2.05. The summed E-state index contributed by atoms with van der Waals surface area (Å²) in [6.07, 6.45) is 2.62. The van der Waals surface area contributed by atoms with Crippen molar-refractivity contribution in [1.82, 2.24) is 15.6 Å². The van der Waals surface area contributed by atoms with E-state index < -0.39 is 0 Å². The van der Waals surface area contributed by atoms with Gasteiger partial charge in [-0.15, -0.1) is 11.3 Å². The minimum Gasteiger partial charge on any atom is -0.358 e. The lowest BCUT2D eigenvalue weighted by Gasteiger charge is -2.18. The zero-order chi connectivity index (χ0) is 12.0. The normalized spacial score (nSPS) is 12.8. The molecule has 0 spiro atoms. The van der Waals surface area contributed by atoms with Gasteiger partial charge in [0.15, 0.2) is 0 Å². The molecule has 0 aliphatic heterocycles. The van der Waals surface area contributed by atoms with Gasteiger partial charge in [0, 0.05) is 25.2 Å². The van der Waals surface area contributed by atoms with E-state index in [0.29, 0.717) is 12.5 Å². The number of carbonyl (C=O) groups excluding carboxylic acids is 1. The number of rotatable bonds is 6. The van der Waals surface area contributed by atoms with E-state index in [1.807, 2.05) is 5.38 Å². The van der Waals surface area contributed by atoms with Gasteiger partial charge in [-0.25, -0.2) is 4.98 Å². The van der Waals surface area contributed by atoms with E-state index in [1.54, 1.807) is 24.6 Å². The van der Waals surface area contributed by atoms with Crippen molar-refractivity contribution in [3.63, 3.8) is 0 Å². The molecule has 0 fully saturated rings. The number of aromatic nitrogens is 1. The van der Waals surface area contributed by atoms with Crippen LogP contribution in [-0.2, 0) is 11.3 Å². The molecule has 0 saturated carbocycles. The van der Waals surface area contributed by atoms with Gasteiger partial charge in [0.1, 0.15) is 5.01 Å². The van der Waals surface area contributed by atoms with Crippen molar-refractivity contribution in [2.24, 2.45) is 5.92 Å². The summed E-state index contributed by atoms with van der Waals surface area (Å²) >= 11 is 1.60. The molecule has 0 aromatic carbocycles. The van der Waals surface area contributed by atoms with Crippen molar-refractivity contribution in [2.45, 2.75) is 32.9 Å². The van der Waals surface area contributed by atoms with Gasteiger partial charge in [0.05, 0.1) is 6.04 Å². The minimum atomic E-state index is -0.131. The third kappa shape index (κ3) is 4.28. The van der Waals surface area contributed by atoms with E-state index in [-0.39, 0.29) is 11.9 Å². The lowest BCUT2D eigenvalue weighted by molar-refractivity contribution is -0.123. The van der Waals surface area contributed by atoms with Crippen molar-refractivity contribution < 1.29 is 4.79 Å². The number of thiazole rings is 1. The maximum atomic E-state index is 11.6. The molecule has 1 amide bonds. The summed E-state index contributed by atoms with van der Waals surface area (Å²) < 4.78 is 0. The molecular formula is C11H19N3OS. The second-order valence-corrected chi connectivity index (χ2v) is 5.08. The minimum absolute atomic E-state index is 0.0465. The number of carbonyl (C=O) groups is 1. The van der Waals surface area contributed by atoms with Crippen molar-refractivity contribution in [3.8, 4) is 0 Å². The second kappa shape index (κ2) is 6.60. The Kier molecular flexibility index (Phi) is 5.42. The highest BCUT2D eigenvalue weighted by atomic mass is 32.1. The molecule has 5 heteroatoms. The van der Waals surface area contributed by atoms with Gasteiger partial charge < -0.3 is 5.32 Å². The molecule has 0 saturated heterocycles. The van der Waals surface area contributed by atoms with Crippen molar-refractivity contribution >= 4 is 17.2 Å². The number of nitrogens with one attached hydrogen (secondary N) is 2. The monoisotopic (exact) mass is 241 g/mol. The van der Waals surface area contributed by atoms with Crippen LogP contribution in [0.3, 0.4) is 0 Å². The molecule has 1 atom stereocenters. The quantitative estimate of drug-likeness (QED) is 0.791. The summed E-state index contributed by atoms with van der Waals surface area (Å²) in [7, 11) is 1.67. The Bertz CT molecular complexity index is 311. The average Bonchev–Trinajstić information content (AvgIpc) is 2.75. The summed E-state index contributed by atoms with van der Waals surface area (Å²) in [4.78, 5) is 15.8. The molecule has 1 unspecified atom stereocenters. The van der Waals surface area contributed by atoms with Gasteiger partial charge in [0.2, 0.25) is 5.91 Å². The fourth-order valence-electron chi connectivity index (χ4n) is 1.48. The molecule has 0 aliphatic carbocycles. The predicted molar refractivity (Wildman–Crippen MR) is 66.3 cm³/mol. The van der Waals surface area contributed by atoms with Crippen molar-refractivity contribution in [2.75, 3.05) is 7.05 Å². The van der Waals surface area contributed by atoms with Crippen LogP contribution in [-0.4, -0.2) is 24.0 Å². The lowest BCUT2D eigenvalue weighted by Crippen LogP contribution is -2.43. The first-order chi connectivity index (χ1) is 7.63. The van der Waals surface area contributed by atoms with Crippen LogP contribution in [0.5, 0.6) is 0 Å². The average molecular weight is 241 g/mol. The van der Waals surface area contributed by atoms with Crippen LogP contribution in [0.2, 0.25) is 0 Å². The Labute approximate surface area is 100 Å². The smallest absolute Gasteiger partial charge is 0.236 e. The number of amides is 1. The molecule has 0 radical (unpaired) electrons.